The molecular weight excluding hydrogens is 260 g/mol. The molecule has 0 bridgehead atoms. The molecule has 2 rings (SSSR count). The van der Waals surface area contributed by atoms with Crippen LogP contribution in [0.5, 0.6) is 0 Å². The Morgan fingerprint density at radius 3 is 2.33 bits per heavy atom. The number of rotatable bonds is 4. The second-order valence-corrected chi connectivity index (χ2v) is 7.64. The van der Waals surface area contributed by atoms with Crippen molar-refractivity contribution in [2.24, 2.45) is 7.05 Å². The Morgan fingerprint density at radius 2 is 1.81 bits per heavy atom. The van der Waals surface area contributed by atoms with Gasteiger partial charge in [-0.1, -0.05) is 34.6 Å². The van der Waals surface area contributed by atoms with Gasteiger partial charge in [0.25, 0.3) is 0 Å². The first-order valence-corrected chi connectivity index (χ1v) is 7.63. The van der Waals surface area contributed by atoms with Gasteiger partial charge in [0.1, 0.15) is 5.82 Å². The maximum Gasteiger partial charge on any atom is 0.114 e. The van der Waals surface area contributed by atoms with Gasteiger partial charge in [-0.2, -0.15) is 5.10 Å². The van der Waals surface area contributed by atoms with Gasteiger partial charge >= 0.3 is 0 Å². The quantitative estimate of drug-likeness (QED) is 0.862. The molecule has 0 aliphatic rings. The second kappa shape index (κ2) is 5.32. The monoisotopic (exact) mass is 288 g/mol. The molecule has 0 unspecified atom stereocenters. The van der Waals surface area contributed by atoms with Gasteiger partial charge in [0.15, 0.2) is 0 Å². The zero-order chi connectivity index (χ0) is 15.8. The molecule has 0 saturated heterocycles. The minimum absolute atomic E-state index is 0.0350. The minimum Gasteiger partial charge on any atom is -0.338 e. The van der Waals surface area contributed by atoms with E-state index in [0.717, 1.165) is 18.8 Å². The summed E-state index contributed by atoms with van der Waals surface area (Å²) in [6, 6.07) is 0. The van der Waals surface area contributed by atoms with Gasteiger partial charge in [-0.05, 0) is 18.9 Å². The average Bonchev–Trinajstić information content (AvgIpc) is 2.92. The predicted molar refractivity (Wildman–Crippen MR) is 86.5 cm³/mol. The van der Waals surface area contributed by atoms with Crippen LogP contribution in [-0.2, 0) is 24.4 Å². The fourth-order valence-corrected chi connectivity index (χ4v) is 3.14. The van der Waals surface area contributed by atoms with Crippen molar-refractivity contribution >= 4 is 0 Å². The van der Waals surface area contributed by atoms with E-state index in [1.54, 1.807) is 0 Å². The molecule has 0 amide bonds. The standard InChI is InChI=1S/C17H28N4/c1-13-12-19-21(14(13)16(2,3)4)10-8-17(5,6)15-18-9-11-20(15)7/h9,11-12H,8,10H2,1-7H3. The molecule has 4 heteroatoms. The average molecular weight is 288 g/mol. The van der Waals surface area contributed by atoms with Gasteiger partial charge in [0.05, 0.1) is 6.20 Å². The summed E-state index contributed by atoms with van der Waals surface area (Å²) < 4.78 is 4.28. The lowest BCUT2D eigenvalue weighted by atomic mass is 9.87. The van der Waals surface area contributed by atoms with E-state index in [9.17, 15) is 0 Å². The summed E-state index contributed by atoms with van der Waals surface area (Å²) >= 11 is 0. The van der Waals surface area contributed by atoms with Crippen molar-refractivity contribution in [3.63, 3.8) is 0 Å². The van der Waals surface area contributed by atoms with E-state index in [1.165, 1.54) is 11.3 Å². The Morgan fingerprint density at radius 1 is 1.14 bits per heavy atom. The smallest absolute Gasteiger partial charge is 0.114 e. The lowest BCUT2D eigenvalue weighted by molar-refractivity contribution is 0.375. The third-order valence-corrected chi connectivity index (χ3v) is 4.11. The lowest BCUT2D eigenvalue weighted by Crippen LogP contribution is -2.26. The molecule has 0 radical (unpaired) electrons. The second-order valence-electron chi connectivity index (χ2n) is 7.64. The number of nitrogens with zero attached hydrogens (tertiary/aromatic N) is 4. The van der Waals surface area contributed by atoms with Crippen LogP contribution in [0, 0.1) is 6.92 Å². The molecule has 0 aliphatic heterocycles. The van der Waals surface area contributed by atoms with Crippen molar-refractivity contribution in [1.29, 1.82) is 0 Å². The topological polar surface area (TPSA) is 35.6 Å². The maximum atomic E-state index is 4.58. The maximum absolute atomic E-state index is 4.58. The van der Waals surface area contributed by atoms with Crippen LogP contribution in [0.4, 0.5) is 0 Å². The Labute approximate surface area is 128 Å². The zero-order valence-corrected chi connectivity index (χ0v) is 14.4. The van der Waals surface area contributed by atoms with Crippen LogP contribution in [0.15, 0.2) is 18.6 Å². The first-order valence-electron chi connectivity index (χ1n) is 7.63. The third kappa shape index (κ3) is 3.20. The predicted octanol–water partition coefficient (Wildman–Crippen LogP) is 3.59. The highest BCUT2D eigenvalue weighted by Crippen LogP contribution is 2.29. The van der Waals surface area contributed by atoms with Crippen LogP contribution < -0.4 is 0 Å². The molecule has 0 spiro atoms. The molecule has 0 aromatic carbocycles. The Kier molecular flexibility index (Phi) is 4.00. The van der Waals surface area contributed by atoms with Crippen molar-refractivity contribution < 1.29 is 0 Å². The van der Waals surface area contributed by atoms with Crippen LogP contribution in [0.2, 0.25) is 0 Å². The van der Waals surface area contributed by atoms with Crippen LogP contribution in [-0.4, -0.2) is 19.3 Å². The first-order chi connectivity index (χ1) is 9.63. The fraction of sp³-hybridized carbons (Fsp3) is 0.647. The number of hydrogen-bond donors (Lipinski definition) is 0. The summed E-state index contributed by atoms with van der Waals surface area (Å²) in [5.41, 5.74) is 2.76. The molecule has 2 aromatic heterocycles. The number of aromatic nitrogens is 4. The summed E-state index contributed by atoms with van der Waals surface area (Å²) in [5, 5.41) is 4.58. The highest BCUT2D eigenvalue weighted by molar-refractivity contribution is 5.23. The Hall–Kier alpha value is -1.58. The highest BCUT2D eigenvalue weighted by atomic mass is 15.3. The van der Waals surface area contributed by atoms with Crippen molar-refractivity contribution in [3.05, 3.63) is 35.7 Å². The summed E-state index contributed by atoms with van der Waals surface area (Å²) in [6.45, 7) is 14.3. The van der Waals surface area contributed by atoms with E-state index >= 15 is 0 Å². The summed E-state index contributed by atoms with van der Waals surface area (Å²) in [6.07, 6.45) is 6.88. The van der Waals surface area contributed by atoms with E-state index < -0.39 is 0 Å². The third-order valence-electron chi connectivity index (χ3n) is 4.11. The first kappa shape index (κ1) is 15.8. The van der Waals surface area contributed by atoms with Crippen LogP contribution in [0.1, 0.15) is 58.1 Å². The lowest BCUT2D eigenvalue weighted by Gasteiger charge is -2.26. The largest absolute Gasteiger partial charge is 0.338 e. The van der Waals surface area contributed by atoms with Crippen LogP contribution in [0.3, 0.4) is 0 Å². The fourth-order valence-electron chi connectivity index (χ4n) is 3.14. The molecule has 2 heterocycles. The van der Waals surface area contributed by atoms with Gasteiger partial charge in [0, 0.05) is 42.5 Å². The Bertz CT molecular complexity index is 611. The van der Waals surface area contributed by atoms with E-state index in [-0.39, 0.29) is 10.8 Å². The molecule has 0 atom stereocenters. The van der Waals surface area contributed by atoms with E-state index in [2.05, 4.69) is 67.9 Å². The molecule has 21 heavy (non-hydrogen) atoms. The normalized spacial score (nSPS) is 12.9. The van der Waals surface area contributed by atoms with Gasteiger partial charge < -0.3 is 4.57 Å². The summed E-state index contributed by atoms with van der Waals surface area (Å²) in [5.74, 6) is 1.13. The molecule has 0 N–H and O–H groups in total. The molecule has 2 aromatic rings. The molecule has 0 aliphatic carbocycles. The summed E-state index contributed by atoms with van der Waals surface area (Å²) in [7, 11) is 2.06. The zero-order valence-electron chi connectivity index (χ0n) is 14.4. The molecule has 0 fully saturated rings. The number of aryl methyl sites for hydroxylation is 3. The van der Waals surface area contributed by atoms with E-state index in [4.69, 9.17) is 0 Å². The number of hydrogen-bond acceptors (Lipinski definition) is 2. The van der Waals surface area contributed by atoms with Gasteiger partial charge in [0.2, 0.25) is 0 Å². The van der Waals surface area contributed by atoms with E-state index in [1.807, 2.05) is 18.6 Å². The highest BCUT2D eigenvalue weighted by Gasteiger charge is 2.27. The van der Waals surface area contributed by atoms with Gasteiger partial charge in [-0.3, -0.25) is 4.68 Å². The Balaban J connectivity index is 2.19. The molecule has 4 nitrogen and oxygen atoms in total. The number of imidazole rings is 1. The minimum atomic E-state index is 0.0350. The van der Waals surface area contributed by atoms with Crippen molar-refractivity contribution in [2.45, 2.75) is 65.3 Å². The molecular formula is C17H28N4. The molecule has 0 saturated carbocycles. The van der Waals surface area contributed by atoms with Crippen molar-refractivity contribution in [3.8, 4) is 0 Å². The van der Waals surface area contributed by atoms with Crippen LogP contribution >= 0.6 is 0 Å². The van der Waals surface area contributed by atoms with Crippen molar-refractivity contribution in [2.75, 3.05) is 0 Å². The van der Waals surface area contributed by atoms with Gasteiger partial charge in [-0.25, -0.2) is 4.98 Å². The van der Waals surface area contributed by atoms with Gasteiger partial charge in [-0.15, -0.1) is 0 Å². The summed E-state index contributed by atoms with van der Waals surface area (Å²) in [4.78, 5) is 4.51. The van der Waals surface area contributed by atoms with Crippen molar-refractivity contribution in [1.82, 2.24) is 19.3 Å². The van der Waals surface area contributed by atoms with Crippen LogP contribution in [0.25, 0.3) is 0 Å². The van der Waals surface area contributed by atoms with E-state index in [0.29, 0.717) is 0 Å². The SMILES string of the molecule is Cc1cnn(CCC(C)(C)c2nccn2C)c1C(C)(C)C. The molecule has 116 valence electrons.